The largest absolute Gasteiger partial charge is 0.375 e. The van der Waals surface area contributed by atoms with E-state index in [1.54, 1.807) is 19.1 Å². The van der Waals surface area contributed by atoms with Crippen LogP contribution in [0.3, 0.4) is 0 Å². The molecule has 1 unspecified atom stereocenters. The molecular formula is C13H14ClN3OS. The van der Waals surface area contributed by atoms with Crippen LogP contribution in [0.5, 0.6) is 0 Å². The molecule has 0 fully saturated rings. The van der Waals surface area contributed by atoms with Crippen LogP contribution in [0.2, 0.25) is 5.02 Å². The Morgan fingerprint density at radius 3 is 2.58 bits per heavy atom. The minimum Gasteiger partial charge on any atom is -0.375 e. The van der Waals surface area contributed by atoms with Crippen LogP contribution in [0.15, 0.2) is 24.3 Å². The van der Waals surface area contributed by atoms with Gasteiger partial charge in [-0.15, -0.1) is 0 Å². The van der Waals surface area contributed by atoms with Gasteiger partial charge in [0.25, 0.3) is 5.91 Å². The Morgan fingerprint density at radius 2 is 2.05 bits per heavy atom. The van der Waals surface area contributed by atoms with Crippen molar-refractivity contribution in [3.8, 4) is 0 Å². The number of anilines is 1. The Hall–Kier alpha value is -1.59. The molecule has 1 aromatic carbocycles. The van der Waals surface area contributed by atoms with Crippen molar-refractivity contribution in [2.75, 3.05) is 5.73 Å². The van der Waals surface area contributed by atoms with Gasteiger partial charge in [-0.2, -0.15) is 0 Å². The molecule has 2 rings (SSSR count). The molecular weight excluding hydrogens is 282 g/mol. The topological polar surface area (TPSA) is 68.0 Å². The van der Waals surface area contributed by atoms with Gasteiger partial charge in [-0.05, 0) is 31.5 Å². The number of nitrogens with one attached hydrogen (secondary N) is 1. The zero-order valence-electron chi connectivity index (χ0n) is 10.6. The summed E-state index contributed by atoms with van der Waals surface area (Å²) in [4.78, 5) is 16.7. The highest BCUT2D eigenvalue weighted by atomic mass is 35.5. The van der Waals surface area contributed by atoms with Crippen LogP contribution in [0.25, 0.3) is 0 Å². The molecule has 19 heavy (non-hydrogen) atoms. The summed E-state index contributed by atoms with van der Waals surface area (Å²) < 4.78 is 0. The van der Waals surface area contributed by atoms with E-state index in [1.807, 2.05) is 19.1 Å². The van der Waals surface area contributed by atoms with Gasteiger partial charge in [-0.25, -0.2) is 4.98 Å². The second kappa shape index (κ2) is 5.59. The van der Waals surface area contributed by atoms with Crippen molar-refractivity contribution in [3.63, 3.8) is 0 Å². The van der Waals surface area contributed by atoms with Crippen LogP contribution in [-0.2, 0) is 0 Å². The molecule has 1 heterocycles. The minimum atomic E-state index is -0.158. The summed E-state index contributed by atoms with van der Waals surface area (Å²) >= 11 is 7.03. The number of nitrogens with two attached hydrogens (primary N) is 1. The van der Waals surface area contributed by atoms with Gasteiger partial charge in [0, 0.05) is 5.02 Å². The van der Waals surface area contributed by atoms with Crippen LogP contribution in [0.4, 0.5) is 5.13 Å². The van der Waals surface area contributed by atoms with Crippen LogP contribution >= 0.6 is 22.9 Å². The van der Waals surface area contributed by atoms with Crippen molar-refractivity contribution in [2.45, 2.75) is 19.9 Å². The van der Waals surface area contributed by atoms with E-state index in [0.717, 1.165) is 5.56 Å². The highest BCUT2D eigenvalue weighted by molar-refractivity contribution is 7.17. The van der Waals surface area contributed by atoms with E-state index < -0.39 is 0 Å². The number of carbonyl (C=O) groups excluding carboxylic acids is 1. The molecule has 4 nitrogen and oxygen atoms in total. The summed E-state index contributed by atoms with van der Waals surface area (Å²) in [6, 6.07) is 7.28. The summed E-state index contributed by atoms with van der Waals surface area (Å²) in [6.45, 7) is 3.69. The molecule has 0 saturated carbocycles. The molecule has 0 aliphatic rings. The number of hydrogen-bond acceptors (Lipinski definition) is 4. The molecule has 2 aromatic rings. The Bertz CT molecular complexity index is 594. The van der Waals surface area contributed by atoms with Crippen LogP contribution in [0, 0.1) is 6.92 Å². The first-order valence-electron chi connectivity index (χ1n) is 5.76. The monoisotopic (exact) mass is 295 g/mol. The first-order chi connectivity index (χ1) is 8.97. The summed E-state index contributed by atoms with van der Waals surface area (Å²) in [7, 11) is 0. The number of hydrogen-bond donors (Lipinski definition) is 2. The van der Waals surface area contributed by atoms with Gasteiger partial charge in [0.2, 0.25) is 0 Å². The van der Waals surface area contributed by atoms with E-state index in [4.69, 9.17) is 17.3 Å². The lowest BCUT2D eigenvalue weighted by Gasteiger charge is -2.13. The van der Waals surface area contributed by atoms with E-state index in [9.17, 15) is 4.79 Å². The number of halogens is 1. The van der Waals surface area contributed by atoms with Crippen LogP contribution in [0.1, 0.15) is 33.9 Å². The third kappa shape index (κ3) is 3.24. The Morgan fingerprint density at radius 1 is 1.42 bits per heavy atom. The molecule has 1 atom stereocenters. The van der Waals surface area contributed by atoms with Gasteiger partial charge < -0.3 is 11.1 Å². The van der Waals surface area contributed by atoms with Crippen molar-refractivity contribution in [3.05, 3.63) is 45.4 Å². The third-order valence-corrected chi connectivity index (χ3v) is 3.97. The van der Waals surface area contributed by atoms with E-state index in [-0.39, 0.29) is 11.9 Å². The van der Waals surface area contributed by atoms with E-state index in [0.29, 0.717) is 20.7 Å². The SMILES string of the molecule is Cc1nc(N)sc1C(=O)NC(C)c1ccc(Cl)cc1. The van der Waals surface area contributed by atoms with Crippen molar-refractivity contribution in [1.29, 1.82) is 0 Å². The molecule has 1 aromatic heterocycles. The molecule has 0 radical (unpaired) electrons. The fraction of sp³-hybridized carbons (Fsp3) is 0.231. The summed E-state index contributed by atoms with van der Waals surface area (Å²) in [5, 5.41) is 4.00. The molecule has 0 bridgehead atoms. The third-order valence-electron chi connectivity index (χ3n) is 2.74. The van der Waals surface area contributed by atoms with E-state index >= 15 is 0 Å². The molecule has 1 amide bonds. The summed E-state index contributed by atoms with van der Waals surface area (Å²) in [5.74, 6) is -0.158. The van der Waals surface area contributed by atoms with Gasteiger partial charge >= 0.3 is 0 Å². The number of rotatable bonds is 3. The van der Waals surface area contributed by atoms with Gasteiger partial charge in [-0.1, -0.05) is 35.1 Å². The second-order valence-electron chi connectivity index (χ2n) is 4.21. The lowest BCUT2D eigenvalue weighted by Crippen LogP contribution is -2.26. The molecule has 100 valence electrons. The maximum absolute atomic E-state index is 12.1. The molecule has 0 saturated heterocycles. The lowest BCUT2D eigenvalue weighted by molar-refractivity contribution is 0.0943. The minimum absolute atomic E-state index is 0.104. The molecule has 3 N–H and O–H groups in total. The predicted octanol–water partition coefficient (Wildman–Crippen LogP) is 3.18. The fourth-order valence-electron chi connectivity index (χ4n) is 1.72. The zero-order valence-corrected chi connectivity index (χ0v) is 12.2. The van der Waals surface area contributed by atoms with Gasteiger partial charge in [-0.3, -0.25) is 4.79 Å². The van der Waals surface area contributed by atoms with Crippen molar-refractivity contribution < 1.29 is 4.79 Å². The van der Waals surface area contributed by atoms with Crippen LogP contribution < -0.4 is 11.1 Å². The first kappa shape index (κ1) is 13.8. The highest BCUT2D eigenvalue weighted by Crippen LogP contribution is 2.21. The average molecular weight is 296 g/mol. The van der Waals surface area contributed by atoms with E-state index in [1.165, 1.54) is 11.3 Å². The maximum atomic E-state index is 12.1. The van der Waals surface area contributed by atoms with Crippen molar-refractivity contribution in [2.24, 2.45) is 0 Å². The number of nitrogens with zero attached hydrogens (tertiary/aromatic N) is 1. The summed E-state index contributed by atoms with van der Waals surface area (Å²) in [6.07, 6.45) is 0. The molecule has 0 spiro atoms. The lowest BCUT2D eigenvalue weighted by atomic mass is 10.1. The molecule has 0 aliphatic carbocycles. The summed E-state index contributed by atoms with van der Waals surface area (Å²) in [5.41, 5.74) is 7.24. The normalized spacial score (nSPS) is 12.2. The number of nitrogen functional groups attached to an aromatic ring is 1. The number of aromatic nitrogens is 1. The number of benzene rings is 1. The highest BCUT2D eigenvalue weighted by Gasteiger charge is 2.16. The Labute approximate surface area is 120 Å². The molecule has 0 aliphatic heterocycles. The Balaban J connectivity index is 2.10. The van der Waals surface area contributed by atoms with Gasteiger partial charge in [0.15, 0.2) is 5.13 Å². The van der Waals surface area contributed by atoms with Crippen molar-refractivity contribution in [1.82, 2.24) is 10.3 Å². The van der Waals surface area contributed by atoms with Crippen molar-refractivity contribution >= 4 is 34.0 Å². The second-order valence-corrected chi connectivity index (χ2v) is 5.68. The Kier molecular flexibility index (Phi) is 4.07. The van der Waals surface area contributed by atoms with Crippen LogP contribution in [-0.4, -0.2) is 10.9 Å². The average Bonchev–Trinajstić information content (AvgIpc) is 2.69. The number of amides is 1. The maximum Gasteiger partial charge on any atom is 0.263 e. The van der Waals surface area contributed by atoms with Gasteiger partial charge in [0.05, 0.1) is 11.7 Å². The van der Waals surface area contributed by atoms with E-state index in [2.05, 4.69) is 10.3 Å². The number of aryl methyl sites for hydroxylation is 1. The molecule has 6 heteroatoms. The smallest absolute Gasteiger partial charge is 0.263 e. The predicted molar refractivity (Wildman–Crippen MR) is 78.6 cm³/mol. The standard InChI is InChI=1S/C13H14ClN3OS/c1-7(9-3-5-10(14)6-4-9)16-12(18)11-8(2)17-13(15)19-11/h3-7H,1-2H3,(H2,15,17)(H,16,18). The number of thiazole rings is 1. The quantitative estimate of drug-likeness (QED) is 0.914. The number of carbonyl (C=O) groups is 1. The first-order valence-corrected chi connectivity index (χ1v) is 6.96. The van der Waals surface area contributed by atoms with Gasteiger partial charge in [0.1, 0.15) is 4.88 Å². The fourth-order valence-corrected chi connectivity index (χ4v) is 2.59. The zero-order chi connectivity index (χ0) is 14.0.